The number of piperidine rings is 1. The highest BCUT2D eigenvalue weighted by Gasteiger charge is 2.24. The Bertz CT molecular complexity index is 610. The van der Waals surface area contributed by atoms with E-state index in [1.54, 1.807) is 11.8 Å². The Kier molecular flexibility index (Phi) is 5.45. The normalized spacial score (nSPS) is 16.1. The standard InChI is InChI=1S/C14H20N6O3/c1-9(19-23-2)14(22)20-5-3-10(4-6-20)18-12-7-11(13(15)21)16-8-17-12/h7-8,10H,3-6H2,1-2H3,(H2,15,21)(H,16,17,18). The van der Waals surface area contributed by atoms with Crippen LogP contribution in [0.5, 0.6) is 0 Å². The number of aromatic nitrogens is 2. The molecule has 0 aliphatic carbocycles. The van der Waals surface area contributed by atoms with Crippen molar-refractivity contribution in [2.75, 3.05) is 25.5 Å². The quantitative estimate of drug-likeness (QED) is 0.581. The molecule has 0 saturated carbocycles. The highest BCUT2D eigenvalue weighted by atomic mass is 16.6. The van der Waals surface area contributed by atoms with Gasteiger partial charge in [-0.3, -0.25) is 9.59 Å². The molecule has 1 saturated heterocycles. The number of likely N-dealkylation sites (tertiary alicyclic amines) is 1. The van der Waals surface area contributed by atoms with Crippen LogP contribution in [0, 0.1) is 0 Å². The van der Waals surface area contributed by atoms with Crippen LogP contribution in [-0.4, -0.2) is 58.6 Å². The van der Waals surface area contributed by atoms with Crippen molar-refractivity contribution < 1.29 is 14.4 Å². The van der Waals surface area contributed by atoms with Crippen LogP contribution < -0.4 is 11.1 Å². The highest BCUT2D eigenvalue weighted by Crippen LogP contribution is 2.16. The van der Waals surface area contributed by atoms with E-state index in [1.807, 2.05) is 0 Å². The second kappa shape index (κ2) is 7.52. The maximum Gasteiger partial charge on any atom is 0.271 e. The summed E-state index contributed by atoms with van der Waals surface area (Å²) < 4.78 is 0. The van der Waals surface area contributed by atoms with Crippen molar-refractivity contribution in [3.8, 4) is 0 Å². The second-order valence-electron chi connectivity index (χ2n) is 5.22. The largest absolute Gasteiger partial charge is 0.399 e. The smallest absolute Gasteiger partial charge is 0.271 e. The Labute approximate surface area is 133 Å². The number of oxime groups is 1. The van der Waals surface area contributed by atoms with Crippen LogP contribution in [0.15, 0.2) is 17.5 Å². The van der Waals surface area contributed by atoms with Crippen LogP contribution in [-0.2, 0) is 9.63 Å². The molecule has 9 nitrogen and oxygen atoms in total. The van der Waals surface area contributed by atoms with Crippen molar-refractivity contribution in [2.45, 2.75) is 25.8 Å². The Hall–Kier alpha value is -2.71. The molecule has 0 atom stereocenters. The molecule has 0 unspecified atom stereocenters. The van der Waals surface area contributed by atoms with Crippen molar-refractivity contribution in [3.63, 3.8) is 0 Å². The second-order valence-corrected chi connectivity index (χ2v) is 5.22. The lowest BCUT2D eigenvalue weighted by Crippen LogP contribution is -2.44. The van der Waals surface area contributed by atoms with Crippen LogP contribution >= 0.6 is 0 Å². The minimum atomic E-state index is -0.594. The van der Waals surface area contributed by atoms with E-state index >= 15 is 0 Å². The molecule has 1 aromatic rings. The monoisotopic (exact) mass is 320 g/mol. The van der Waals surface area contributed by atoms with Gasteiger partial charge in [-0.2, -0.15) is 0 Å². The molecule has 1 aliphatic heterocycles. The Morgan fingerprint density at radius 1 is 1.39 bits per heavy atom. The zero-order valence-electron chi connectivity index (χ0n) is 13.2. The summed E-state index contributed by atoms with van der Waals surface area (Å²) in [4.78, 5) is 37.5. The molecule has 9 heteroatoms. The molecule has 0 bridgehead atoms. The first kappa shape index (κ1) is 16.7. The van der Waals surface area contributed by atoms with Crippen molar-refractivity contribution in [1.82, 2.24) is 14.9 Å². The van der Waals surface area contributed by atoms with E-state index in [4.69, 9.17) is 5.73 Å². The molecular formula is C14H20N6O3. The molecule has 0 aromatic carbocycles. The van der Waals surface area contributed by atoms with Gasteiger partial charge in [-0.1, -0.05) is 5.16 Å². The first-order valence-corrected chi connectivity index (χ1v) is 7.26. The highest BCUT2D eigenvalue weighted by molar-refractivity contribution is 6.37. The van der Waals surface area contributed by atoms with Crippen LogP contribution in [0.1, 0.15) is 30.3 Å². The zero-order chi connectivity index (χ0) is 16.8. The number of nitrogens with one attached hydrogen (secondary N) is 1. The van der Waals surface area contributed by atoms with Gasteiger partial charge in [-0.15, -0.1) is 0 Å². The van der Waals surface area contributed by atoms with E-state index < -0.39 is 5.91 Å². The average molecular weight is 320 g/mol. The van der Waals surface area contributed by atoms with Crippen LogP contribution in [0.2, 0.25) is 0 Å². The third kappa shape index (κ3) is 4.38. The number of hydrogen-bond acceptors (Lipinski definition) is 7. The van der Waals surface area contributed by atoms with Gasteiger partial charge in [-0.05, 0) is 19.8 Å². The van der Waals surface area contributed by atoms with E-state index in [2.05, 4.69) is 25.3 Å². The molecular weight excluding hydrogens is 300 g/mol. The molecule has 1 aromatic heterocycles. The van der Waals surface area contributed by atoms with Crippen molar-refractivity contribution in [1.29, 1.82) is 0 Å². The SMILES string of the molecule is CON=C(C)C(=O)N1CCC(Nc2cc(C(N)=O)ncn2)CC1. The molecule has 1 fully saturated rings. The lowest BCUT2D eigenvalue weighted by Gasteiger charge is -2.32. The first-order valence-electron chi connectivity index (χ1n) is 7.26. The summed E-state index contributed by atoms with van der Waals surface area (Å²) in [7, 11) is 1.41. The zero-order valence-corrected chi connectivity index (χ0v) is 13.2. The van der Waals surface area contributed by atoms with Gasteiger partial charge in [-0.25, -0.2) is 9.97 Å². The molecule has 0 spiro atoms. The number of anilines is 1. The van der Waals surface area contributed by atoms with Gasteiger partial charge in [0.15, 0.2) is 0 Å². The molecule has 124 valence electrons. The van der Waals surface area contributed by atoms with Gasteiger partial charge in [0.25, 0.3) is 11.8 Å². The fraction of sp³-hybridized carbons (Fsp3) is 0.500. The van der Waals surface area contributed by atoms with E-state index in [1.165, 1.54) is 19.5 Å². The Morgan fingerprint density at radius 2 is 2.09 bits per heavy atom. The molecule has 2 amide bonds. The van der Waals surface area contributed by atoms with Gasteiger partial charge in [0, 0.05) is 25.2 Å². The van der Waals surface area contributed by atoms with Gasteiger partial charge in [0.2, 0.25) is 0 Å². The summed E-state index contributed by atoms with van der Waals surface area (Å²) in [5, 5.41) is 6.90. The summed E-state index contributed by atoms with van der Waals surface area (Å²) in [6.45, 7) is 2.85. The minimum absolute atomic E-state index is 0.122. The summed E-state index contributed by atoms with van der Waals surface area (Å²) >= 11 is 0. The molecule has 23 heavy (non-hydrogen) atoms. The predicted octanol–water partition coefficient (Wildman–Crippen LogP) is 0.000700. The van der Waals surface area contributed by atoms with E-state index in [0.717, 1.165) is 12.8 Å². The predicted molar refractivity (Wildman–Crippen MR) is 83.9 cm³/mol. The molecule has 1 aliphatic rings. The molecule has 2 heterocycles. The number of carbonyl (C=O) groups is 2. The lowest BCUT2D eigenvalue weighted by molar-refractivity contribution is -0.125. The van der Waals surface area contributed by atoms with Gasteiger partial charge in [0.05, 0.1) is 0 Å². The fourth-order valence-corrected chi connectivity index (χ4v) is 2.41. The van der Waals surface area contributed by atoms with Crippen molar-refractivity contribution in [2.24, 2.45) is 10.9 Å². The minimum Gasteiger partial charge on any atom is -0.399 e. The van der Waals surface area contributed by atoms with Gasteiger partial charge < -0.3 is 20.8 Å². The Morgan fingerprint density at radius 3 is 2.70 bits per heavy atom. The number of hydrogen-bond donors (Lipinski definition) is 2. The van der Waals surface area contributed by atoms with Crippen molar-refractivity contribution >= 4 is 23.3 Å². The van der Waals surface area contributed by atoms with Crippen LogP contribution in [0.4, 0.5) is 5.82 Å². The van der Waals surface area contributed by atoms with E-state index in [-0.39, 0.29) is 17.6 Å². The van der Waals surface area contributed by atoms with Gasteiger partial charge >= 0.3 is 0 Å². The number of amides is 2. The third-order valence-electron chi connectivity index (χ3n) is 3.59. The summed E-state index contributed by atoms with van der Waals surface area (Å²) in [6.07, 6.45) is 2.83. The first-order chi connectivity index (χ1) is 11.0. The summed E-state index contributed by atoms with van der Waals surface area (Å²) in [5.74, 6) is -0.164. The number of carbonyl (C=O) groups excluding carboxylic acids is 2. The number of primary amides is 1. The van der Waals surface area contributed by atoms with E-state index in [9.17, 15) is 9.59 Å². The topological polar surface area (TPSA) is 123 Å². The number of nitrogens with zero attached hydrogens (tertiary/aromatic N) is 4. The average Bonchev–Trinajstić information content (AvgIpc) is 2.55. The Balaban J connectivity index is 1.90. The van der Waals surface area contributed by atoms with Gasteiger partial charge in [0.1, 0.15) is 30.7 Å². The molecule has 2 rings (SSSR count). The molecule has 0 radical (unpaired) electrons. The van der Waals surface area contributed by atoms with Crippen LogP contribution in [0.3, 0.4) is 0 Å². The third-order valence-corrected chi connectivity index (χ3v) is 3.59. The van der Waals surface area contributed by atoms with Crippen LogP contribution in [0.25, 0.3) is 0 Å². The van der Waals surface area contributed by atoms with E-state index in [0.29, 0.717) is 24.6 Å². The summed E-state index contributed by atoms with van der Waals surface area (Å²) in [6, 6.07) is 1.68. The maximum absolute atomic E-state index is 12.1. The number of nitrogens with two attached hydrogens (primary N) is 1. The number of rotatable bonds is 5. The van der Waals surface area contributed by atoms with Crippen molar-refractivity contribution in [3.05, 3.63) is 18.1 Å². The maximum atomic E-state index is 12.1. The summed E-state index contributed by atoms with van der Waals surface area (Å²) in [5.41, 5.74) is 5.70. The molecule has 3 N–H and O–H groups in total. The lowest BCUT2D eigenvalue weighted by atomic mass is 10.0. The fourth-order valence-electron chi connectivity index (χ4n) is 2.41.